The number of rotatable bonds is 7. The topological polar surface area (TPSA) is 67.9 Å². The molecule has 1 N–H and O–H groups in total. The fourth-order valence-electron chi connectivity index (χ4n) is 4.40. The van der Waals surface area contributed by atoms with Crippen LogP contribution in [0.5, 0.6) is 11.5 Å². The third-order valence-corrected chi connectivity index (χ3v) is 6.40. The predicted molar refractivity (Wildman–Crippen MR) is 131 cm³/mol. The Hall–Kier alpha value is -3.51. The van der Waals surface area contributed by atoms with Crippen LogP contribution < -0.4 is 14.8 Å². The van der Waals surface area contributed by atoms with E-state index in [4.69, 9.17) is 21.1 Å². The third-order valence-electron chi connectivity index (χ3n) is 6.16. The van der Waals surface area contributed by atoms with Crippen molar-refractivity contribution in [2.75, 3.05) is 27.3 Å². The monoisotopic (exact) mass is 478 g/mol. The van der Waals surface area contributed by atoms with Crippen LogP contribution in [0.1, 0.15) is 27.4 Å². The first kappa shape index (κ1) is 23.6. The summed E-state index contributed by atoms with van der Waals surface area (Å²) < 4.78 is 11.0. The minimum atomic E-state index is -0.451. The standard InChI is InChI=1S/C27H27ClN2O4/c1-33-21-11-12-25(34-2)22(14-21)23-16-30(27(32)19-9-6-10-20(28)13-19)17-24(23)26(31)29-15-18-7-4-3-5-8-18/h3-14,23-24H,15-17H2,1-2H3,(H,29,31)/t23-,24+/m0/s1. The van der Waals surface area contributed by atoms with E-state index in [-0.39, 0.29) is 24.3 Å². The highest BCUT2D eigenvalue weighted by Crippen LogP contribution is 2.40. The van der Waals surface area contributed by atoms with E-state index in [0.29, 0.717) is 35.2 Å². The van der Waals surface area contributed by atoms with Gasteiger partial charge in [0.1, 0.15) is 11.5 Å². The van der Waals surface area contributed by atoms with E-state index in [9.17, 15) is 9.59 Å². The molecule has 2 atom stereocenters. The maximum absolute atomic E-state index is 13.4. The van der Waals surface area contributed by atoms with Gasteiger partial charge in [-0.1, -0.05) is 48.0 Å². The lowest BCUT2D eigenvalue weighted by molar-refractivity contribution is -0.125. The van der Waals surface area contributed by atoms with Crippen molar-refractivity contribution in [2.24, 2.45) is 5.92 Å². The molecule has 3 aromatic rings. The molecule has 4 rings (SSSR count). The third kappa shape index (κ3) is 5.18. The number of methoxy groups -OCH3 is 2. The number of nitrogens with zero attached hydrogens (tertiary/aromatic N) is 1. The summed E-state index contributed by atoms with van der Waals surface area (Å²) in [5.41, 5.74) is 2.34. The summed E-state index contributed by atoms with van der Waals surface area (Å²) in [5.74, 6) is 0.340. The molecule has 1 heterocycles. The van der Waals surface area contributed by atoms with E-state index < -0.39 is 5.92 Å². The zero-order chi connectivity index (χ0) is 24.1. The average molecular weight is 479 g/mol. The van der Waals surface area contributed by atoms with Crippen LogP contribution in [0.15, 0.2) is 72.8 Å². The molecule has 6 nitrogen and oxygen atoms in total. The number of carbonyl (C=O) groups is 2. The minimum Gasteiger partial charge on any atom is -0.497 e. The van der Waals surface area contributed by atoms with Crippen LogP contribution in [-0.4, -0.2) is 44.0 Å². The Morgan fingerprint density at radius 2 is 1.76 bits per heavy atom. The molecule has 0 radical (unpaired) electrons. The molecule has 1 aliphatic heterocycles. The van der Waals surface area contributed by atoms with Gasteiger partial charge in [0, 0.05) is 41.7 Å². The van der Waals surface area contributed by atoms with Gasteiger partial charge in [-0.15, -0.1) is 0 Å². The van der Waals surface area contributed by atoms with Gasteiger partial charge < -0.3 is 19.7 Å². The highest BCUT2D eigenvalue weighted by molar-refractivity contribution is 6.30. The Morgan fingerprint density at radius 3 is 2.47 bits per heavy atom. The number of carbonyl (C=O) groups excluding carboxylic acids is 2. The summed E-state index contributed by atoms with van der Waals surface area (Å²) in [6.45, 7) is 1.08. The van der Waals surface area contributed by atoms with Crippen molar-refractivity contribution in [1.82, 2.24) is 10.2 Å². The van der Waals surface area contributed by atoms with E-state index in [2.05, 4.69) is 5.32 Å². The number of halogens is 1. The van der Waals surface area contributed by atoms with Gasteiger partial charge in [-0.25, -0.2) is 0 Å². The van der Waals surface area contributed by atoms with Gasteiger partial charge in [-0.3, -0.25) is 9.59 Å². The van der Waals surface area contributed by atoms with Gasteiger partial charge in [-0.05, 0) is 42.0 Å². The van der Waals surface area contributed by atoms with E-state index >= 15 is 0 Å². The molecule has 1 saturated heterocycles. The lowest BCUT2D eigenvalue weighted by Crippen LogP contribution is -2.35. The molecule has 2 amide bonds. The second-order valence-electron chi connectivity index (χ2n) is 8.24. The maximum Gasteiger partial charge on any atom is 0.253 e. The molecule has 1 fully saturated rings. The highest BCUT2D eigenvalue weighted by atomic mass is 35.5. The lowest BCUT2D eigenvalue weighted by atomic mass is 9.87. The summed E-state index contributed by atoms with van der Waals surface area (Å²) in [6.07, 6.45) is 0. The zero-order valence-corrected chi connectivity index (χ0v) is 19.9. The fraction of sp³-hybridized carbons (Fsp3) is 0.259. The molecule has 7 heteroatoms. The first-order chi connectivity index (χ1) is 16.5. The Morgan fingerprint density at radius 1 is 0.971 bits per heavy atom. The van der Waals surface area contributed by atoms with Crippen LogP contribution in [-0.2, 0) is 11.3 Å². The Bertz CT molecular complexity index is 1170. The van der Waals surface area contributed by atoms with Gasteiger partial charge in [-0.2, -0.15) is 0 Å². The highest BCUT2D eigenvalue weighted by Gasteiger charge is 2.42. The van der Waals surface area contributed by atoms with E-state index in [1.807, 2.05) is 48.5 Å². The van der Waals surface area contributed by atoms with Crippen LogP contribution in [0.3, 0.4) is 0 Å². The van der Waals surface area contributed by atoms with Crippen molar-refractivity contribution >= 4 is 23.4 Å². The van der Waals surface area contributed by atoms with Crippen molar-refractivity contribution in [1.29, 1.82) is 0 Å². The fourth-order valence-corrected chi connectivity index (χ4v) is 4.59. The molecular formula is C27H27ClN2O4. The second-order valence-corrected chi connectivity index (χ2v) is 8.68. The van der Waals surface area contributed by atoms with Gasteiger partial charge in [0.15, 0.2) is 0 Å². The Labute approximate surface area is 204 Å². The molecule has 176 valence electrons. The summed E-state index contributed by atoms with van der Waals surface area (Å²) in [5, 5.41) is 3.54. The first-order valence-corrected chi connectivity index (χ1v) is 11.5. The molecular weight excluding hydrogens is 452 g/mol. The van der Waals surface area contributed by atoms with Gasteiger partial charge in [0.05, 0.1) is 20.1 Å². The summed E-state index contributed by atoms with van der Waals surface area (Å²) >= 11 is 6.11. The number of hydrogen-bond donors (Lipinski definition) is 1. The van der Waals surface area contributed by atoms with Crippen LogP contribution in [0.25, 0.3) is 0 Å². The van der Waals surface area contributed by atoms with E-state index in [0.717, 1.165) is 11.1 Å². The van der Waals surface area contributed by atoms with Crippen molar-refractivity contribution in [3.63, 3.8) is 0 Å². The first-order valence-electron chi connectivity index (χ1n) is 11.1. The van der Waals surface area contributed by atoms with Gasteiger partial charge in [0.2, 0.25) is 5.91 Å². The largest absolute Gasteiger partial charge is 0.497 e. The number of ether oxygens (including phenoxy) is 2. The molecule has 0 bridgehead atoms. The Balaban J connectivity index is 1.63. The summed E-state index contributed by atoms with van der Waals surface area (Å²) in [6, 6.07) is 22.1. The SMILES string of the molecule is COc1ccc(OC)c([C@@H]2CN(C(=O)c3cccc(Cl)c3)C[C@H]2C(=O)NCc2ccccc2)c1. The van der Waals surface area contributed by atoms with Crippen LogP contribution in [0, 0.1) is 5.92 Å². The Kier molecular flexibility index (Phi) is 7.38. The molecule has 3 aromatic carbocycles. The molecule has 0 unspecified atom stereocenters. The number of likely N-dealkylation sites (tertiary alicyclic amines) is 1. The molecule has 0 spiro atoms. The van der Waals surface area contributed by atoms with Crippen LogP contribution in [0.4, 0.5) is 0 Å². The van der Waals surface area contributed by atoms with Crippen LogP contribution >= 0.6 is 11.6 Å². The molecule has 0 saturated carbocycles. The number of amides is 2. The number of benzene rings is 3. The zero-order valence-electron chi connectivity index (χ0n) is 19.2. The molecule has 0 aliphatic carbocycles. The molecule has 1 aliphatic rings. The average Bonchev–Trinajstić information content (AvgIpc) is 3.32. The summed E-state index contributed by atoms with van der Waals surface area (Å²) in [7, 11) is 3.19. The second kappa shape index (κ2) is 10.6. The molecule has 0 aromatic heterocycles. The lowest BCUT2D eigenvalue weighted by Gasteiger charge is -2.21. The normalized spacial score (nSPS) is 17.3. The number of hydrogen-bond acceptors (Lipinski definition) is 4. The van der Waals surface area contributed by atoms with Crippen LogP contribution in [0.2, 0.25) is 5.02 Å². The molecule has 34 heavy (non-hydrogen) atoms. The summed E-state index contributed by atoms with van der Waals surface area (Å²) in [4.78, 5) is 28.4. The minimum absolute atomic E-state index is 0.111. The van der Waals surface area contributed by atoms with E-state index in [1.54, 1.807) is 43.4 Å². The number of nitrogens with one attached hydrogen (secondary N) is 1. The predicted octanol–water partition coefficient (Wildman–Crippen LogP) is 4.53. The van der Waals surface area contributed by atoms with Gasteiger partial charge in [0.25, 0.3) is 5.91 Å². The van der Waals surface area contributed by atoms with E-state index in [1.165, 1.54) is 0 Å². The van der Waals surface area contributed by atoms with Crippen molar-refractivity contribution in [3.8, 4) is 11.5 Å². The van der Waals surface area contributed by atoms with Crippen molar-refractivity contribution in [3.05, 3.63) is 94.5 Å². The smallest absolute Gasteiger partial charge is 0.253 e. The van der Waals surface area contributed by atoms with Crippen molar-refractivity contribution < 1.29 is 19.1 Å². The maximum atomic E-state index is 13.4. The van der Waals surface area contributed by atoms with Gasteiger partial charge >= 0.3 is 0 Å². The van der Waals surface area contributed by atoms with Crippen molar-refractivity contribution in [2.45, 2.75) is 12.5 Å². The quantitative estimate of drug-likeness (QED) is 0.541.